The van der Waals surface area contributed by atoms with Crippen molar-refractivity contribution >= 4 is 17.5 Å². The fourth-order valence-electron chi connectivity index (χ4n) is 4.16. The summed E-state index contributed by atoms with van der Waals surface area (Å²) in [5.74, 6) is -1.74. The minimum absolute atomic E-state index is 0.0386. The standard InChI is InChI=1S/C23H26N2O3/c1-13-8-15(3)21(16(4)9-13)22-19(26)10-17(23(22)28)11-20(27)25-12-18-14(2)6-5-7-24-18/h5-9,17,22H,10-12H2,1-4H3,(H,25,27). The predicted octanol–water partition coefficient (Wildman–Crippen LogP) is 3.26. The molecule has 1 aromatic carbocycles. The average Bonchev–Trinajstić information content (AvgIpc) is 2.88. The lowest BCUT2D eigenvalue weighted by Crippen LogP contribution is -2.27. The van der Waals surface area contributed by atoms with Crippen LogP contribution < -0.4 is 5.32 Å². The van der Waals surface area contributed by atoms with E-state index in [4.69, 9.17) is 0 Å². The zero-order chi connectivity index (χ0) is 20.4. The van der Waals surface area contributed by atoms with Gasteiger partial charge in [0.25, 0.3) is 0 Å². The highest BCUT2D eigenvalue weighted by Crippen LogP contribution is 2.37. The third-order valence-corrected chi connectivity index (χ3v) is 5.49. The largest absolute Gasteiger partial charge is 0.350 e. The summed E-state index contributed by atoms with van der Waals surface area (Å²) >= 11 is 0. The van der Waals surface area contributed by atoms with Gasteiger partial charge in [-0.2, -0.15) is 0 Å². The molecular weight excluding hydrogens is 352 g/mol. The van der Waals surface area contributed by atoms with Gasteiger partial charge in [-0.1, -0.05) is 23.8 Å². The number of aryl methyl sites for hydroxylation is 4. The topological polar surface area (TPSA) is 76.1 Å². The highest BCUT2D eigenvalue weighted by Gasteiger charge is 2.43. The van der Waals surface area contributed by atoms with E-state index in [0.717, 1.165) is 33.5 Å². The van der Waals surface area contributed by atoms with Crippen molar-refractivity contribution in [2.24, 2.45) is 5.92 Å². The van der Waals surface area contributed by atoms with Crippen molar-refractivity contribution in [1.82, 2.24) is 10.3 Å². The Morgan fingerprint density at radius 1 is 1.11 bits per heavy atom. The molecule has 0 bridgehead atoms. The maximum absolute atomic E-state index is 13.0. The summed E-state index contributed by atoms with van der Waals surface area (Å²) < 4.78 is 0. The van der Waals surface area contributed by atoms with E-state index in [0.29, 0.717) is 6.54 Å². The molecule has 1 N–H and O–H groups in total. The number of nitrogens with zero attached hydrogens (tertiary/aromatic N) is 1. The van der Waals surface area contributed by atoms with Gasteiger partial charge < -0.3 is 5.32 Å². The van der Waals surface area contributed by atoms with Gasteiger partial charge in [-0.25, -0.2) is 0 Å². The van der Waals surface area contributed by atoms with Crippen LogP contribution in [0, 0.1) is 33.6 Å². The van der Waals surface area contributed by atoms with Crippen LogP contribution >= 0.6 is 0 Å². The van der Waals surface area contributed by atoms with E-state index in [9.17, 15) is 14.4 Å². The van der Waals surface area contributed by atoms with Gasteiger partial charge in [-0.3, -0.25) is 19.4 Å². The summed E-state index contributed by atoms with van der Waals surface area (Å²) in [7, 11) is 0. The molecule has 1 saturated carbocycles. The molecule has 0 aliphatic heterocycles. The predicted molar refractivity (Wildman–Crippen MR) is 107 cm³/mol. The van der Waals surface area contributed by atoms with Crippen molar-refractivity contribution < 1.29 is 14.4 Å². The Bertz CT molecular complexity index is 926. The van der Waals surface area contributed by atoms with Crippen molar-refractivity contribution in [3.63, 3.8) is 0 Å². The van der Waals surface area contributed by atoms with Crippen LogP contribution in [0.4, 0.5) is 0 Å². The Morgan fingerprint density at radius 2 is 1.79 bits per heavy atom. The fraction of sp³-hybridized carbons (Fsp3) is 0.391. The number of rotatable bonds is 5. The first kappa shape index (κ1) is 19.9. The van der Waals surface area contributed by atoms with Crippen LogP contribution in [0.15, 0.2) is 30.5 Å². The molecule has 1 heterocycles. The number of ketones is 2. The summed E-state index contributed by atoms with van der Waals surface area (Å²) in [4.78, 5) is 42.2. The molecule has 0 spiro atoms. The lowest BCUT2D eigenvalue weighted by atomic mass is 9.86. The smallest absolute Gasteiger partial charge is 0.221 e. The molecule has 3 rings (SSSR count). The lowest BCUT2D eigenvalue weighted by Gasteiger charge is -2.16. The molecule has 0 radical (unpaired) electrons. The monoisotopic (exact) mass is 378 g/mol. The van der Waals surface area contributed by atoms with Crippen molar-refractivity contribution in [3.05, 3.63) is 64.0 Å². The van der Waals surface area contributed by atoms with Gasteiger partial charge in [0.1, 0.15) is 11.7 Å². The van der Waals surface area contributed by atoms with Gasteiger partial charge in [0.15, 0.2) is 5.78 Å². The zero-order valence-electron chi connectivity index (χ0n) is 16.8. The van der Waals surface area contributed by atoms with Gasteiger partial charge in [-0.05, 0) is 56.0 Å². The summed E-state index contributed by atoms with van der Waals surface area (Å²) in [5.41, 5.74) is 5.64. The number of aromatic nitrogens is 1. The molecule has 5 heteroatoms. The molecule has 146 valence electrons. The minimum atomic E-state index is -0.739. The third-order valence-electron chi connectivity index (χ3n) is 5.49. The van der Waals surface area contributed by atoms with E-state index < -0.39 is 11.8 Å². The van der Waals surface area contributed by atoms with Crippen molar-refractivity contribution in [3.8, 4) is 0 Å². The molecule has 1 aliphatic carbocycles. The molecule has 2 unspecified atom stereocenters. The summed E-state index contributed by atoms with van der Waals surface area (Å²) in [6.07, 6.45) is 1.85. The quantitative estimate of drug-likeness (QED) is 0.810. The molecule has 1 aromatic heterocycles. The number of hydrogen-bond acceptors (Lipinski definition) is 4. The number of benzene rings is 1. The number of nitrogens with one attached hydrogen (secondary N) is 1. The van der Waals surface area contributed by atoms with Crippen LogP contribution in [0.1, 0.15) is 52.3 Å². The number of Topliss-reactive ketones (excluding diaryl/α,β-unsaturated/α-hetero) is 2. The Kier molecular flexibility index (Phi) is 5.73. The molecular formula is C23H26N2O3. The molecule has 1 aliphatic rings. The fourth-order valence-corrected chi connectivity index (χ4v) is 4.16. The van der Waals surface area contributed by atoms with Crippen LogP contribution in [-0.4, -0.2) is 22.5 Å². The molecule has 5 nitrogen and oxygen atoms in total. The van der Waals surface area contributed by atoms with Gasteiger partial charge >= 0.3 is 0 Å². The first-order valence-electron chi connectivity index (χ1n) is 9.59. The second kappa shape index (κ2) is 8.05. The Morgan fingerprint density at radius 3 is 2.43 bits per heavy atom. The Balaban J connectivity index is 1.69. The number of amides is 1. The molecule has 28 heavy (non-hydrogen) atoms. The maximum Gasteiger partial charge on any atom is 0.221 e. The summed E-state index contributed by atoms with van der Waals surface area (Å²) in [6.45, 7) is 8.12. The van der Waals surface area contributed by atoms with E-state index in [1.54, 1.807) is 6.20 Å². The van der Waals surface area contributed by atoms with Crippen molar-refractivity contribution in [2.45, 2.75) is 53.0 Å². The normalized spacial score (nSPS) is 19.1. The number of carbonyl (C=O) groups is 3. The molecule has 0 saturated heterocycles. The second-order valence-corrected chi connectivity index (χ2v) is 7.76. The van der Waals surface area contributed by atoms with Gasteiger partial charge in [0.2, 0.25) is 5.91 Å². The maximum atomic E-state index is 13.0. The number of pyridine rings is 1. The first-order chi connectivity index (χ1) is 13.3. The SMILES string of the molecule is Cc1cc(C)c(C2C(=O)CC(CC(=O)NCc3ncccc3C)C2=O)c(C)c1. The highest BCUT2D eigenvalue weighted by atomic mass is 16.2. The van der Waals surface area contributed by atoms with Crippen LogP contribution in [0.3, 0.4) is 0 Å². The van der Waals surface area contributed by atoms with E-state index in [1.807, 2.05) is 52.0 Å². The molecule has 2 aromatic rings. The Hall–Kier alpha value is -2.82. The number of hydrogen-bond donors (Lipinski definition) is 1. The van der Waals surface area contributed by atoms with Gasteiger partial charge in [0.05, 0.1) is 12.2 Å². The van der Waals surface area contributed by atoms with Gasteiger partial charge in [-0.15, -0.1) is 0 Å². The van der Waals surface area contributed by atoms with Crippen LogP contribution in [-0.2, 0) is 20.9 Å². The first-order valence-corrected chi connectivity index (χ1v) is 9.59. The second-order valence-electron chi connectivity index (χ2n) is 7.76. The minimum Gasteiger partial charge on any atom is -0.350 e. The molecule has 1 fully saturated rings. The van der Waals surface area contributed by atoms with Crippen LogP contribution in [0.2, 0.25) is 0 Å². The van der Waals surface area contributed by atoms with Gasteiger partial charge in [0, 0.05) is 25.0 Å². The zero-order valence-corrected chi connectivity index (χ0v) is 16.8. The summed E-state index contributed by atoms with van der Waals surface area (Å²) in [5, 5.41) is 2.82. The van der Waals surface area contributed by atoms with E-state index in [2.05, 4.69) is 10.3 Å². The van der Waals surface area contributed by atoms with Crippen LogP contribution in [0.5, 0.6) is 0 Å². The number of carbonyl (C=O) groups excluding carboxylic acids is 3. The van der Waals surface area contributed by atoms with E-state index >= 15 is 0 Å². The van der Waals surface area contributed by atoms with Crippen LogP contribution in [0.25, 0.3) is 0 Å². The summed E-state index contributed by atoms with van der Waals surface area (Å²) in [6, 6.07) is 7.78. The average molecular weight is 378 g/mol. The molecule has 1 amide bonds. The lowest BCUT2D eigenvalue weighted by molar-refractivity contribution is -0.128. The third kappa shape index (κ3) is 4.03. The van der Waals surface area contributed by atoms with E-state index in [1.165, 1.54) is 0 Å². The Labute approximate surface area is 165 Å². The van der Waals surface area contributed by atoms with Crippen molar-refractivity contribution in [2.75, 3.05) is 0 Å². The highest BCUT2D eigenvalue weighted by molar-refractivity contribution is 6.15. The van der Waals surface area contributed by atoms with Crippen molar-refractivity contribution in [1.29, 1.82) is 0 Å². The molecule has 2 atom stereocenters. The van der Waals surface area contributed by atoms with E-state index in [-0.39, 0.29) is 30.3 Å².